The summed E-state index contributed by atoms with van der Waals surface area (Å²) in [7, 11) is 0. The number of para-hydroxylation sites is 1. The molecule has 0 aromatic heterocycles. The molecule has 0 atom stereocenters. The van der Waals surface area contributed by atoms with Crippen LogP contribution in [0.3, 0.4) is 0 Å². The lowest BCUT2D eigenvalue weighted by molar-refractivity contribution is 0.586. The lowest BCUT2D eigenvalue weighted by Gasteiger charge is -2.17. The van der Waals surface area contributed by atoms with Crippen molar-refractivity contribution in [1.29, 1.82) is 0 Å². The van der Waals surface area contributed by atoms with Gasteiger partial charge in [0.05, 0.1) is 5.69 Å². The highest BCUT2D eigenvalue weighted by Crippen LogP contribution is 2.23. The van der Waals surface area contributed by atoms with E-state index in [0.29, 0.717) is 0 Å². The van der Waals surface area contributed by atoms with E-state index in [4.69, 9.17) is 12.2 Å². The normalized spacial score (nSPS) is 10.4. The Kier molecular flexibility index (Phi) is 5.44. The first kappa shape index (κ1) is 16.4. The summed E-state index contributed by atoms with van der Waals surface area (Å²) in [6.45, 7) is 4.13. The molecule has 2 nitrogen and oxygen atoms in total. The average Bonchev–Trinajstić information content (AvgIpc) is 2.50. The minimum Gasteiger partial charge on any atom is -0.332 e. The Morgan fingerprint density at radius 2 is 1.64 bits per heavy atom. The third kappa shape index (κ3) is 3.80. The van der Waals surface area contributed by atoms with E-state index in [9.17, 15) is 8.78 Å². The van der Waals surface area contributed by atoms with Gasteiger partial charge in [-0.25, -0.2) is 8.78 Å². The number of thiocarbonyl (C=S) groups is 1. The molecule has 2 N–H and O–H groups in total. The summed E-state index contributed by atoms with van der Waals surface area (Å²) < 4.78 is 26.6. The number of halogens is 2. The second-order valence-electron chi connectivity index (χ2n) is 4.86. The molecule has 0 amide bonds. The van der Waals surface area contributed by atoms with Crippen molar-refractivity contribution in [2.24, 2.45) is 0 Å². The Morgan fingerprint density at radius 3 is 2.18 bits per heavy atom. The molecule has 0 spiro atoms. The van der Waals surface area contributed by atoms with Gasteiger partial charge in [0.15, 0.2) is 5.11 Å². The van der Waals surface area contributed by atoms with Crippen LogP contribution < -0.4 is 10.6 Å². The van der Waals surface area contributed by atoms with Gasteiger partial charge in [-0.15, -0.1) is 0 Å². The highest BCUT2D eigenvalue weighted by Gasteiger charge is 2.10. The van der Waals surface area contributed by atoms with Crippen LogP contribution in [0.4, 0.5) is 20.2 Å². The van der Waals surface area contributed by atoms with Crippen molar-refractivity contribution in [3.05, 3.63) is 59.2 Å². The predicted octanol–water partition coefficient (Wildman–Crippen LogP) is 4.90. The van der Waals surface area contributed by atoms with Gasteiger partial charge in [-0.1, -0.05) is 32.0 Å². The highest BCUT2D eigenvalue weighted by molar-refractivity contribution is 7.80. The van der Waals surface area contributed by atoms with E-state index in [2.05, 4.69) is 24.5 Å². The molecule has 0 fully saturated rings. The van der Waals surface area contributed by atoms with Gasteiger partial charge in [0.2, 0.25) is 0 Å². The monoisotopic (exact) mass is 320 g/mol. The Hall–Kier alpha value is -2.01. The van der Waals surface area contributed by atoms with Crippen molar-refractivity contribution in [2.45, 2.75) is 26.7 Å². The van der Waals surface area contributed by atoms with E-state index < -0.39 is 11.6 Å². The van der Waals surface area contributed by atoms with Gasteiger partial charge in [-0.05, 0) is 48.3 Å². The van der Waals surface area contributed by atoms with Crippen molar-refractivity contribution in [3.8, 4) is 0 Å². The maximum Gasteiger partial charge on any atom is 0.175 e. The molecule has 22 heavy (non-hydrogen) atoms. The molecule has 0 aliphatic rings. The van der Waals surface area contributed by atoms with Gasteiger partial charge >= 0.3 is 0 Å². The predicted molar refractivity (Wildman–Crippen MR) is 91.4 cm³/mol. The molecule has 116 valence electrons. The summed E-state index contributed by atoms with van der Waals surface area (Å²) in [6, 6.07) is 9.41. The number of hydrogen-bond acceptors (Lipinski definition) is 1. The van der Waals surface area contributed by atoms with Crippen molar-refractivity contribution in [3.63, 3.8) is 0 Å². The molecule has 0 aliphatic carbocycles. The Labute approximate surface area is 134 Å². The number of benzene rings is 2. The lowest BCUT2D eigenvalue weighted by atomic mass is 10.0. The molecule has 0 radical (unpaired) electrons. The Morgan fingerprint density at radius 1 is 1.00 bits per heavy atom. The van der Waals surface area contributed by atoms with Crippen molar-refractivity contribution < 1.29 is 8.78 Å². The number of rotatable bonds is 4. The zero-order chi connectivity index (χ0) is 16.1. The highest BCUT2D eigenvalue weighted by atomic mass is 32.1. The number of nitrogens with one attached hydrogen (secondary N) is 2. The van der Waals surface area contributed by atoms with Crippen LogP contribution in [0, 0.1) is 11.6 Å². The van der Waals surface area contributed by atoms with Crippen molar-refractivity contribution >= 4 is 28.7 Å². The molecule has 0 heterocycles. The smallest absolute Gasteiger partial charge is 0.175 e. The lowest BCUT2D eigenvalue weighted by Crippen LogP contribution is -2.21. The summed E-state index contributed by atoms with van der Waals surface area (Å²) in [6.07, 6.45) is 1.73. The van der Waals surface area contributed by atoms with Crippen LogP contribution in [0.2, 0.25) is 0 Å². The Bertz CT molecular complexity index is 664. The standard InChI is InChI=1S/C17H18F2N2S/c1-3-11-6-5-7-12(4-2)16(11)21-17(22)20-15-9-8-13(18)10-14(15)19/h5-10H,3-4H2,1-2H3,(H2,20,21,22). The Balaban J connectivity index is 2.19. The summed E-state index contributed by atoms with van der Waals surface area (Å²) in [5, 5.41) is 6.18. The maximum atomic E-state index is 13.7. The van der Waals surface area contributed by atoms with Gasteiger partial charge < -0.3 is 10.6 Å². The molecule has 0 saturated heterocycles. The largest absolute Gasteiger partial charge is 0.332 e. The minimum atomic E-state index is -0.677. The van der Waals surface area contributed by atoms with Gasteiger partial charge in [0.1, 0.15) is 11.6 Å². The van der Waals surface area contributed by atoms with E-state index in [-0.39, 0.29) is 10.8 Å². The third-order valence-corrected chi connectivity index (χ3v) is 3.62. The van der Waals surface area contributed by atoms with Crippen molar-refractivity contribution in [1.82, 2.24) is 0 Å². The molecular weight excluding hydrogens is 302 g/mol. The fourth-order valence-electron chi connectivity index (χ4n) is 2.26. The van der Waals surface area contributed by atoms with Gasteiger partial charge in [0, 0.05) is 11.8 Å². The fraction of sp³-hybridized carbons (Fsp3) is 0.235. The van der Waals surface area contributed by atoms with Crippen LogP contribution in [-0.4, -0.2) is 5.11 Å². The summed E-state index contributed by atoms with van der Waals surface area (Å²) in [4.78, 5) is 0. The van der Waals surface area contributed by atoms with E-state index in [1.165, 1.54) is 12.1 Å². The van der Waals surface area contributed by atoms with Gasteiger partial charge in [-0.3, -0.25) is 0 Å². The zero-order valence-electron chi connectivity index (χ0n) is 12.5. The molecule has 0 saturated carbocycles. The van der Waals surface area contributed by atoms with Crippen LogP contribution in [0.15, 0.2) is 36.4 Å². The van der Waals surface area contributed by atoms with E-state index in [1.54, 1.807) is 0 Å². The summed E-state index contributed by atoms with van der Waals surface area (Å²) in [5.74, 6) is -1.30. The number of hydrogen-bond donors (Lipinski definition) is 2. The van der Waals surface area contributed by atoms with Crippen LogP contribution in [-0.2, 0) is 12.8 Å². The zero-order valence-corrected chi connectivity index (χ0v) is 13.4. The molecule has 0 unspecified atom stereocenters. The number of anilines is 2. The molecule has 2 aromatic carbocycles. The van der Waals surface area contributed by atoms with Gasteiger partial charge in [-0.2, -0.15) is 0 Å². The van der Waals surface area contributed by atoms with Gasteiger partial charge in [0.25, 0.3) is 0 Å². The molecular formula is C17H18F2N2S. The van der Waals surface area contributed by atoms with Crippen LogP contribution in [0.5, 0.6) is 0 Å². The summed E-state index contributed by atoms with van der Waals surface area (Å²) in [5.41, 5.74) is 3.38. The third-order valence-electron chi connectivity index (χ3n) is 3.42. The van der Waals surface area contributed by atoms with E-state index in [0.717, 1.165) is 35.7 Å². The number of aryl methyl sites for hydroxylation is 2. The quantitative estimate of drug-likeness (QED) is 0.784. The van der Waals surface area contributed by atoms with E-state index >= 15 is 0 Å². The minimum absolute atomic E-state index is 0.144. The SMILES string of the molecule is CCc1cccc(CC)c1NC(=S)Nc1ccc(F)cc1F. The average molecular weight is 320 g/mol. The molecule has 0 aliphatic heterocycles. The van der Waals surface area contributed by atoms with Crippen LogP contribution in [0.25, 0.3) is 0 Å². The summed E-state index contributed by atoms with van der Waals surface area (Å²) >= 11 is 5.24. The second-order valence-corrected chi connectivity index (χ2v) is 5.27. The molecule has 0 bridgehead atoms. The molecule has 2 aromatic rings. The first-order valence-corrected chi connectivity index (χ1v) is 7.59. The molecule has 5 heteroatoms. The van der Waals surface area contributed by atoms with Crippen molar-refractivity contribution in [2.75, 3.05) is 10.6 Å². The molecule has 2 rings (SSSR count). The first-order chi connectivity index (χ1) is 10.5. The first-order valence-electron chi connectivity index (χ1n) is 7.19. The van der Waals surface area contributed by atoms with E-state index in [1.807, 2.05) is 18.2 Å². The fourth-order valence-corrected chi connectivity index (χ4v) is 2.47. The second kappa shape index (κ2) is 7.31. The maximum absolute atomic E-state index is 13.7. The topological polar surface area (TPSA) is 24.1 Å². The van der Waals surface area contributed by atoms with Crippen LogP contribution >= 0.6 is 12.2 Å². The van der Waals surface area contributed by atoms with Crippen LogP contribution in [0.1, 0.15) is 25.0 Å².